The molecule has 2 heteroatoms. The van der Waals surface area contributed by atoms with Gasteiger partial charge in [-0.05, 0) is 36.4 Å². The molecule has 0 unspecified atom stereocenters. The van der Waals surface area contributed by atoms with Crippen molar-refractivity contribution in [3.8, 4) is 0 Å². The average Bonchev–Trinajstić information content (AvgIpc) is 2.22. The summed E-state index contributed by atoms with van der Waals surface area (Å²) in [5.74, 6) is 4.73. The Morgan fingerprint density at radius 1 is 1.22 bits per heavy atom. The van der Waals surface area contributed by atoms with Crippen LogP contribution in [0.2, 0.25) is 0 Å². The van der Waals surface area contributed by atoms with Gasteiger partial charge in [-0.3, -0.25) is 7.05 Å². The van der Waals surface area contributed by atoms with Crippen molar-refractivity contribution in [2.45, 2.75) is 0 Å². The average molecular weight is 142 g/mol. The van der Waals surface area contributed by atoms with Crippen molar-refractivity contribution in [1.29, 1.82) is 0 Å². The van der Waals surface area contributed by atoms with Crippen molar-refractivity contribution in [2.75, 3.05) is 24.6 Å². The third-order valence-corrected chi connectivity index (χ3v) is 3.64. The zero-order chi connectivity index (χ0) is 6.27. The van der Waals surface area contributed by atoms with Gasteiger partial charge in [0, 0.05) is 0 Å². The fraction of sp³-hybridized carbons (Fsp3) is 0.857. The SMILES string of the molecule is [CH2-]N1C[C@H]2CSC[C@H]2C1. The molecule has 0 spiro atoms. The monoisotopic (exact) mass is 142 g/mol. The predicted molar refractivity (Wildman–Crippen MR) is 41.2 cm³/mol. The molecule has 1 nitrogen and oxygen atoms in total. The van der Waals surface area contributed by atoms with Crippen LogP contribution >= 0.6 is 11.8 Å². The number of rotatable bonds is 0. The summed E-state index contributed by atoms with van der Waals surface area (Å²) >= 11 is 2.11. The van der Waals surface area contributed by atoms with Gasteiger partial charge in [0.1, 0.15) is 0 Å². The molecule has 0 bridgehead atoms. The second-order valence-corrected chi connectivity index (χ2v) is 4.17. The first-order valence-corrected chi connectivity index (χ1v) is 4.65. The van der Waals surface area contributed by atoms with Crippen LogP contribution in [-0.4, -0.2) is 29.5 Å². The van der Waals surface area contributed by atoms with Gasteiger partial charge < -0.3 is 4.90 Å². The maximum Gasteiger partial charge on any atom is -0.00243 e. The Morgan fingerprint density at radius 2 is 1.78 bits per heavy atom. The normalized spacial score (nSPS) is 43.7. The first kappa shape index (κ1) is 6.05. The highest BCUT2D eigenvalue weighted by Gasteiger charge is 2.32. The number of hydrogen-bond donors (Lipinski definition) is 0. The Bertz CT molecular complexity index is 103. The van der Waals surface area contributed by atoms with Crippen LogP contribution in [0, 0.1) is 18.9 Å². The summed E-state index contributed by atoms with van der Waals surface area (Å²) < 4.78 is 0. The maximum absolute atomic E-state index is 3.94. The van der Waals surface area contributed by atoms with Gasteiger partial charge in [0.15, 0.2) is 0 Å². The van der Waals surface area contributed by atoms with Crippen LogP contribution in [-0.2, 0) is 0 Å². The quantitative estimate of drug-likeness (QED) is 0.465. The minimum atomic E-state index is 0.979. The van der Waals surface area contributed by atoms with Crippen molar-refractivity contribution in [3.63, 3.8) is 0 Å². The molecular weight excluding hydrogens is 130 g/mol. The molecule has 2 atom stereocenters. The minimum absolute atomic E-state index is 0.979. The van der Waals surface area contributed by atoms with Crippen molar-refractivity contribution >= 4 is 11.8 Å². The third-order valence-electron chi connectivity index (χ3n) is 2.32. The van der Waals surface area contributed by atoms with E-state index < -0.39 is 0 Å². The number of likely N-dealkylation sites (tertiary alicyclic amines) is 1. The maximum atomic E-state index is 3.94. The van der Waals surface area contributed by atoms with Gasteiger partial charge in [0.2, 0.25) is 0 Å². The first-order valence-electron chi connectivity index (χ1n) is 3.49. The van der Waals surface area contributed by atoms with Crippen molar-refractivity contribution < 1.29 is 0 Å². The van der Waals surface area contributed by atoms with Crippen LogP contribution in [0.4, 0.5) is 0 Å². The zero-order valence-corrected chi connectivity index (χ0v) is 6.36. The molecule has 2 aliphatic heterocycles. The van der Waals surface area contributed by atoms with Crippen molar-refractivity contribution in [3.05, 3.63) is 7.05 Å². The van der Waals surface area contributed by atoms with Gasteiger partial charge in [-0.25, -0.2) is 0 Å². The second kappa shape index (κ2) is 2.17. The first-order chi connectivity index (χ1) is 4.36. The van der Waals surface area contributed by atoms with E-state index in [1.165, 1.54) is 24.6 Å². The molecule has 0 saturated carbocycles. The fourth-order valence-corrected chi connectivity index (χ4v) is 3.28. The van der Waals surface area contributed by atoms with Crippen molar-refractivity contribution in [2.24, 2.45) is 11.8 Å². The van der Waals surface area contributed by atoms with Crippen LogP contribution in [0.5, 0.6) is 0 Å². The van der Waals surface area contributed by atoms with Gasteiger partial charge in [-0.15, -0.1) is 0 Å². The van der Waals surface area contributed by atoms with Crippen LogP contribution in [0.3, 0.4) is 0 Å². The van der Waals surface area contributed by atoms with E-state index >= 15 is 0 Å². The van der Waals surface area contributed by atoms with Gasteiger partial charge >= 0.3 is 0 Å². The molecule has 2 rings (SSSR count). The molecule has 2 heterocycles. The van der Waals surface area contributed by atoms with E-state index in [1.807, 2.05) is 0 Å². The Labute approximate surface area is 60.8 Å². The van der Waals surface area contributed by atoms with Crippen LogP contribution in [0.15, 0.2) is 0 Å². The highest BCUT2D eigenvalue weighted by Crippen LogP contribution is 2.35. The lowest BCUT2D eigenvalue weighted by molar-refractivity contribution is 0.439. The molecule has 0 aromatic rings. The van der Waals surface area contributed by atoms with Crippen LogP contribution < -0.4 is 0 Å². The molecular formula is C7H12NS-. The largest absolute Gasteiger partial charge is 0.459 e. The third kappa shape index (κ3) is 0.987. The molecule has 0 N–H and O–H groups in total. The summed E-state index contributed by atoms with van der Waals surface area (Å²) in [5, 5.41) is 0. The lowest BCUT2D eigenvalue weighted by Crippen LogP contribution is -2.12. The van der Waals surface area contributed by atoms with E-state index in [1.54, 1.807) is 0 Å². The Kier molecular flexibility index (Phi) is 1.46. The zero-order valence-electron chi connectivity index (χ0n) is 5.55. The number of hydrogen-bond acceptors (Lipinski definition) is 2. The number of nitrogens with zero attached hydrogens (tertiary/aromatic N) is 1. The summed E-state index contributed by atoms with van der Waals surface area (Å²) in [5.41, 5.74) is 0. The summed E-state index contributed by atoms with van der Waals surface area (Å²) in [6.07, 6.45) is 0. The Hall–Kier alpha value is 0.310. The van der Waals surface area contributed by atoms with E-state index in [-0.39, 0.29) is 0 Å². The summed E-state index contributed by atoms with van der Waals surface area (Å²) in [6.45, 7) is 2.50. The van der Waals surface area contributed by atoms with Crippen LogP contribution in [0.25, 0.3) is 0 Å². The molecule has 52 valence electrons. The van der Waals surface area contributed by atoms with Gasteiger partial charge in [0.05, 0.1) is 0 Å². The van der Waals surface area contributed by atoms with E-state index in [0.717, 1.165) is 11.8 Å². The van der Waals surface area contributed by atoms with Gasteiger partial charge in [0.25, 0.3) is 0 Å². The molecule has 0 amide bonds. The molecule has 9 heavy (non-hydrogen) atoms. The molecule has 0 aromatic carbocycles. The molecule has 2 fully saturated rings. The Balaban J connectivity index is 2.02. The summed E-state index contributed by atoms with van der Waals surface area (Å²) in [4.78, 5) is 2.22. The standard InChI is InChI=1S/C7H12NS/c1-8-2-6-4-9-5-7(6)3-8/h6-7H,1-5H2/q-1/t6-,7+. The summed E-state index contributed by atoms with van der Waals surface area (Å²) in [6, 6.07) is 0. The van der Waals surface area contributed by atoms with E-state index in [2.05, 4.69) is 23.7 Å². The minimum Gasteiger partial charge on any atom is -0.459 e. The molecule has 2 aliphatic rings. The van der Waals surface area contributed by atoms with Gasteiger partial charge in [-0.2, -0.15) is 11.8 Å². The Morgan fingerprint density at radius 3 is 2.33 bits per heavy atom. The van der Waals surface area contributed by atoms with Crippen LogP contribution in [0.1, 0.15) is 0 Å². The molecule has 0 radical (unpaired) electrons. The molecule has 2 saturated heterocycles. The highest BCUT2D eigenvalue weighted by atomic mass is 32.2. The smallest absolute Gasteiger partial charge is 0.00243 e. The van der Waals surface area contributed by atoms with Crippen molar-refractivity contribution in [1.82, 2.24) is 4.90 Å². The fourth-order valence-electron chi connectivity index (χ4n) is 1.78. The topological polar surface area (TPSA) is 3.24 Å². The molecule has 0 aliphatic carbocycles. The lowest BCUT2D eigenvalue weighted by Gasteiger charge is -2.16. The van der Waals surface area contributed by atoms with E-state index in [9.17, 15) is 0 Å². The number of thioether (sulfide) groups is 1. The van der Waals surface area contributed by atoms with Gasteiger partial charge in [-0.1, -0.05) is 0 Å². The van der Waals surface area contributed by atoms with E-state index in [4.69, 9.17) is 0 Å². The second-order valence-electron chi connectivity index (χ2n) is 3.09. The predicted octanol–water partition coefficient (Wildman–Crippen LogP) is 1.07. The van der Waals surface area contributed by atoms with E-state index in [0.29, 0.717) is 0 Å². The number of fused-ring (bicyclic) bond motifs is 1. The molecule has 0 aromatic heterocycles. The highest BCUT2D eigenvalue weighted by molar-refractivity contribution is 7.99. The lowest BCUT2D eigenvalue weighted by atomic mass is 10.0. The summed E-state index contributed by atoms with van der Waals surface area (Å²) in [7, 11) is 3.94.